The maximum absolute atomic E-state index is 13.7. The molecule has 0 radical (unpaired) electrons. The molecule has 2 amide bonds. The van der Waals surface area contributed by atoms with Crippen LogP contribution in [0.2, 0.25) is 0 Å². The molecule has 1 aromatic heterocycles. The first-order chi connectivity index (χ1) is 15.3. The predicted octanol–water partition coefficient (Wildman–Crippen LogP) is 6.19. The fourth-order valence-electron chi connectivity index (χ4n) is 4.43. The van der Waals surface area contributed by atoms with Crippen LogP contribution in [-0.2, 0) is 21.4 Å². The highest BCUT2D eigenvalue weighted by molar-refractivity contribution is 7.10. The van der Waals surface area contributed by atoms with Crippen molar-refractivity contribution in [3.8, 4) is 0 Å². The first-order valence-corrected chi connectivity index (χ1v) is 13.0. The molecule has 2 aromatic rings. The van der Waals surface area contributed by atoms with Crippen LogP contribution in [-0.4, -0.2) is 40.7 Å². The van der Waals surface area contributed by atoms with E-state index in [-0.39, 0.29) is 35.9 Å². The van der Waals surface area contributed by atoms with Crippen LogP contribution in [0.3, 0.4) is 0 Å². The van der Waals surface area contributed by atoms with E-state index in [1.807, 2.05) is 32.6 Å². The quantitative estimate of drug-likeness (QED) is 0.525. The fourth-order valence-corrected chi connectivity index (χ4v) is 5.33. The minimum absolute atomic E-state index is 0.0201. The Hall–Kier alpha value is -2.14. The summed E-state index contributed by atoms with van der Waals surface area (Å²) in [7, 11) is 0. The van der Waals surface area contributed by atoms with Crippen molar-refractivity contribution in [2.45, 2.75) is 85.7 Å². The molecule has 2 atom stereocenters. The number of nitrogens with zero attached hydrogens (tertiary/aromatic N) is 2. The molecule has 0 bridgehead atoms. The molecule has 3 rings (SSSR count). The minimum atomic E-state index is -0.520. The van der Waals surface area contributed by atoms with E-state index in [0.29, 0.717) is 6.54 Å². The van der Waals surface area contributed by atoms with E-state index in [4.69, 9.17) is 0 Å². The summed E-state index contributed by atoms with van der Waals surface area (Å²) in [6.45, 7) is 17.3. The van der Waals surface area contributed by atoms with E-state index in [2.05, 4.69) is 63.4 Å². The largest absolute Gasteiger partial charge is 0.330 e. The Morgan fingerprint density at radius 1 is 1.09 bits per heavy atom. The van der Waals surface area contributed by atoms with Crippen LogP contribution in [0, 0.1) is 5.41 Å². The summed E-state index contributed by atoms with van der Waals surface area (Å²) in [5, 5.41) is 2.13. The van der Waals surface area contributed by atoms with Gasteiger partial charge in [0, 0.05) is 22.9 Å². The maximum atomic E-state index is 13.7. The lowest BCUT2D eigenvalue weighted by Gasteiger charge is -2.39. The van der Waals surface area contributed by atoms with Crippen LogP contribution in [0.5, 0.6) is 0 Å². The summed E-state index contributed by atoms with van der Waals surface area (Å²) >= 11 is 1.77. The van der Waals surface area contributed by atoms with Crippen molar-refractivity contribution >= 4 is 23.2 Å². The molecule has 5 heteroatoms. The molecule has 4 nitrogen and oxygen atoms in total. The van der Waals surface area contributed by atoms with Gasteiger partial charge in [0.1, 0.15) is 6.54 Å². The number of carbonyl (C=O) groups excluding carboxylic acids is 2. The van der Waals surface area contributed by atoms with E-state index >= 15 is 0 Å². The van der Waals surface area contributed by atoms with Gasteiger partial charge in [0.15, 0.2) is 0 Å². The number of hydrogen-bond acceptors (Lipinski definition) is 3. The molecule has 0 saturated carbocycles. The fraction of sp³-hybridized carbons (Fsp3) is 0.571. The first kappa shape index (κ1) is 25.5. The molecule has 33 heavy (non-hydrogen) atoms. The number of benzene rings is 1. The second-order valence-electron chi connectivity index (χ2n) is 11.4. The van der Waals surface area contributed by atoms with Gasteiger partial charge in [-0.1, -0.05) is 72.7 Å². The van der Waals surface area contributed by atoms with Gasteiger partial charge in [-0.05, 0) is 53.3 Å². The summed E-state index contributed by atoms with van der Waals surface area (Å²) < 4.78 is 0. The molecular weight excluding hydrogens is 428 g/mol. The van der Waals surface area contributed by atoms with E-state index < -0.39 is 5.41 Å². The van der Waals surface area contributed by atoms with Crippen molar-refractivity contribution in [3.05, 3.63) is 57.3 Å². The van der Waals surface area contributed by atoms with Crippen LogP contribution in [0.1, 0.15) is 89.4 Å². The molecule has 180 valence electrons. The van der Waals surface area contributed by atoms with E-state index in [0.717, 1.165) is 18.4 Å². The van der Waals surface area contributed by atoms with Gasteiger partial charge in [-0.15, -0.1) is 11.3 Å². The summed E-state index contributed by atoms with van der Waals surface area (Å²) in [6, 6.07) is 10.8. The van der Waals surface area contributed by atoms with E-state index in [1.54, 1.807) is 16.2 Å². The van der Waals surface area contributed by atoms with Gasteiger partial charge in [0.25, 0.3) is 0 Å². The number of rotatable bonds is 5. The van der Waals surface area contributed by atoms with Gasteiger partial charge in [0.2, 0.25) is 11.8 Å². The number of thiophene rings is 1. The third kappa shape index (κ3) is 5.51. The molecule has 1 aliphatic heterocycles. The van der Waals surface area contributed by atoms with Crippen LogP contribution < -0.4 is 0 Å². The highest BCUT2D eigenvalue weighted by atomic mass is 32.1. The van der Waals surface area contributed by atoms with Crippen molar-refractivity contribution in [3.63, 3.8) is 0 Å². The molecule has 0 spiro atoms. The molecule has 2 heterocycles. The van der Waals surface area contributed by atoms with Gasteiger partial charge in [-0.2, -0.15) is 0 Å². The van der Waals surface area contributed by atoms with Gasteiger partial charge >= 0.3 is 0 Å². The molecule has 0 saturated heterocycles. The molecule has 1 aromatic carbocycles. The Kier molecular flexibility index (Phi) is 7.42. The monoisotopic (exact) mass is 468 g/mol. The number of fused-ring (bicyclic) bond motifs is 1. The topological polar surface area (TPSA) is 40.6 Å². The van der Waals surface area contributed by atoms with Crippen LogP contribution in [0.25, 0.3) is 0 Å². The minimum Gasteiger partial charge on any atom is -0.330 e. The summed E-state index contributed by atoms with van der Waals surface area (Å²) in [6.07, 6.45) is 1.69. The van der Waals surface area contributed by atoms with Crippen molar-refractivity contribution in [1.82, 2.24) is 9.80 Å². The Morgan fingerprint density at radius 2 is 1.73 bits per heavy atom. The Balaban J connectivity index is 1.94. The average Bonchev–Trinajstić information content (AvgIpc) is 3.23. The summed E-state index contributed by atoms with van der Waals surface area (Å²) in [4.78, 5) is 32.0. The molecular formula is C28H40N2O2S. The van der Waals surface area contributed by atoms with Crippen LogP contribution in [0.4, 0.5) is 0 Å². The number of hydrogen-bond donors (Lipinski definition) is 0. The first-order valence-electron chi connectivity index (χ1n) is 12.1. The smallest absolute Gasteiger partial charge is 0.243 e. The third-order valence-electron chi connectivity index (χ3n) is 6.71. The highest BCUT2D eigenvalue weighted by Crippen LogP contribution is 2.38. The maximum Gasteiger partial charge on any atom is 0.243 e. The van der Waals surface area contributed by atoms with Crippen LogP contribution >= 0.6 is 11.3 Å². The van der Waals surface area contributed by atoms with Gasteiger partial charge < -0.3 is 9.80 Å². The highest BCUT2D eigenvalue weighted by Gasteiger charge is 2.36. The Bertz CT molecular complexity index is 979. The SMILES string of the molecule is CCC(C)N(CC(=O)N1CCc2sccc2C1c1ccc(C(C)(C)C)cc1)C(=O)C(C)(C)C. The van der Waals surface area contributed by atoms with Crippen LogP contribution in [0.15, 0.2) is 35.7 Å². The molecule has 2 unspecified atom stereocenters. The molecule has 0 N–H and O–H groups in total. The lowest BCUT2D eigenvalue weighted by Crippen LogP contribution is -2.51. The number of amides is 2. The van der Waals surface area contributed by atoms with Crippen molar-refractivity contribution in [1.29, 1.82) is 0 Å². The van der Waals surface area contributed by atoms with Crippen molar-refractivity contribution in [2.75, 3.05) is 13.1 Å². The normalized spacial score (nSPS) is 17.5. The lowest BCUT2D eigenvalue weighted by molar-refractivity contribution is -0.148. The zero-order chi connectivity index (χ0) is 24.6. The zero-order valence-electron chi connectivity index (χ0n) is 21.6. The molecule has 0 fully saturated rings. The average molecular weight is 469 g/mol. The predicted molar refractivity (Wildman–Crippen MR) is 138 cm³/mol. The van der Waals surface area contributed by atoms with E-state index in [9.17, 15) is 9.59 Å². The van der Waals surface area contributed by atoms with Crippen molar-refractivity contribution < 1.29 is 9.59 Å². The lowest BCUT2D eigenvalue weighted by atomic mass is 9.85. The Labute approximate surface area is 204 Å². The van der Waals surface area contributed by atoms with Gasteiger partial charge in [0.05, 0.1) is 6.04 Å². The third-order valence-corrected chi connectivity index (χ3v) is 7.71. The standard InChI is InChI=1S/C28H40N2O2S/c1-9-19(2)30(26(32)28(6,7)8)18-24(31)29-16-14-23-22(15-17-33-23)25(29)20-10-12-21(13-11-20)27(3,4)5/h10-13,15,17,19,25H,9,14,16,18H2,1-8H3. The van der Waals surface area contributed by atoms with Gasteiger partial charge in [-0.3, -0.25) is 9.59 Å². The van der Waals surface area contributed by atoms with Crippen molar-refractivity contribution in [2.24, 2.45) is 5.41 Å². The number of carbonyl (C=O) groups is 2. The second-order valence-corrected chi connectivity index (χ2v) is 12.4. The zero-order valence-corrected chi connectivity index (χ0v) is 22.4. The summed E-state index contributed by atoms with van der Waals surface area (Å²) in [5.74, 6) is 0.0548. The molecule has 1 aliphatic rings. The molecule has 0 aliphatic carbocycles. The van der Waals surface area contributed by atoms with Gasteiger partial charge in [-0.25, -0.2) is 0 Å². The Morgan fingerprint density at radius 3 is 2.27 bits per heavy atom. The summed E-state index contributed by atoms with van der Waals surface area (Å²) in [5.41, 5.74) is 3.20. The van der Waals surface area contributed by atoms with E-state index in [1.165, 1.54) is 16.0 Å². The second kappa shape index (κ2) is 9.61.